The minimum atomic E-state index is -0.188. The Labute approximate surface area is 124 Å². The molecule has 3 nitrogen and oxygen atoms in total. The van der Waals surface area contributed by atoms with Crippen LogP contribution in [0.4, 0.5) is 5.69 Å². The maximum atomic E-state index is 11.9. The van der Waals surface area contributed by atoms with E-state index in [1.54, 1.807) is 18.2 Å². The van der Waals surface area contributed by atoms with Gasteiger partial charge in [-0.3, -0.25) is 4.79 Å². The lowest BCUT2D eigenvalue weighted by Crippen LogP contribution is -2.25. The molecule has 1 amide bonds. The Morgan fingerprint density at radius 3 is 2.74 bits per heavy atom. The summed E-state index contributed by atoms with van der Waals surface area (Å²) in [7, 11) is 0. The van der Waals surface area contributed by atoms with E-state index < -0.39 is 0 Å². The zero-order valence-corrected chi connectivity index (χ0v) is 12.8. The van der Waals surface area contributed by atoms with Crippen molar-refractivity contribution in [1.82, 2.24) is 5.32 Å². The predicted octanol–water partition coefficient (Wildman–Crippen LogP) is 3.58. The average molecular weight is 301 g/mol. The van der Waals surface area contributed by atoms with Gasteiger partial charge in [-0.05, 0) is 37.0 Å². The summed E-state index contributed by atoms with van der Waals surface area (Å²) in [6.07, 6.45) is 6.70. The highest BCUT2D eigenvalue weighted by Crippen LogP contribution is 2.21. The van der Waals surface area contributed by atoms with Crippen LogP contribution in [0.5, 0.6) is 0 Å². The van der Waals surface area contributed by atoms with Crippen molar-refractivity contribution in [1.29, 1.82) is 0 Å². The molecule has 0 aromatic heterocycles. The van der Waals surface area contributed by atoms with Gasteiger partial charge in [0, 0.05) is 12.2 Å². The molecule has 1 aromatic carbocycles. The first kappa shape index (κ1) is 16.2. The second kappa shape index (κ2) is 9.10. The smallest absolute Gasteiger partial charge is 0.254 e. The minimum Gasteiger partial charge on any atom is -0.398 e. The predicted molar refractivity (Wildman–Crippen MR) is 85.0 cm³/mol. The van der Waals surface area contributed by atoms with Gasteiger partial charge in [0.05, 0.1) is 10.6 Å². The van der Waals surface area contributed by atoms with Gasteiger partial charge in [0.2, 0.25) is 0 Å². The molecule has 1 rings (SSSR count). The number of hydrogen-bond acceptors (Lipinski definition) is 3. The van der Waals surface area contributed by atoms with E-state index in [1.807, 2.05) is 11.8 Å². The average Bonchev–Trinajstić information content (AvgIpc) is 2.37. The summed E-state index contributed by atoms with van der Waals surface area (Å²) in [4.78, 5) is 11.9. The van der Waals surface area contributed by atoms with Crippen LogP contribution >= 0.6 is 23.4 Å². The molecule has 0 radical (unpaired) electrons. The van der Waals surface area contributed by atoms with Crippen molar-refractivity contribution in [3.8, 4) is 0 Å². The molecule has 0 aliphatic heterocycles. The van der Waals surface area contributed by atoms with E-state index in [0.717, 1.165) is 12.8 Å². The van der Waals surface area contributed by atoms with Gasteiger partial charge in [-0.1, -0.05) is 30.5 Å². The third kappa shape index (κ3) is 5.74. The third-order valence-electron chi connectivity index (χ3n) is 2.83. The fourth-order valence-corrected chi connectivity index (χ4v) is 2.56. The molecule has 0 bridgehead atoms. The van der Waals surface area contributed by atoms with E-state index in [-0.39, 0.29) is 5.91 Å². The molecule has 0 saturated carbocycles. The molecule has 0 aliphatic carbocycles. The van der Waals surface area contributed by atoms with Crippen LogP contribution in [0.25, 0.3) is 0 Å². The summed E-state index contributed by atoms with van der Waals surface area (Å²) in [5.41, 5.74) is 6.56. The maximum Gasteiger partial charge on any atom is 0.254 e. The second-order valence-electron chi connectivity index (χ2n) is 4.37. The minimum absolute atomic E-state index is 0.188. The third-order valence-corrected chi connectivity index (χ3v) is 3.85. The van der Waals surface area contributed by atoms with Gasteiger partial charge < -0.3 is 11.1 Å². The summed E-state index contributed by atoms with van der Waals surface area (Å²) in [6.45, 7) is 0.669. The molecule has 106 valence electrons. The van der Waals surface area contributed by atoms with Crippen LogP contribution in [0, 0.1) is 0 Å². The van der Waals surface area contributed by atoms with Gasteiger partial charge in [0.25, 0.3) is 5.91 Å². The molecule has 3 N–H and O–H groups in total. The van der Waals surface area contributed by atoms with E-state index in [1.165, 1.54) is 18.6 Å². The van der Waals surface area contributed by atoms with Crippen LogP contribution in [-0.4, -0.2) is 24.5 Å². The highest BCUT2D eigenvalue weighted by Gasteiger charge is 2.12. The summed E-state index contributed by atoms with van der Waals surface area (Å²) >= 11 is 7.85. The van der Waals surface area contributed by atoms with Crippen molar-refractivity contribution >= 4 is 35.0 Å². The van der Waals surface area contributed by atoms with Gasteiger partial charge in [0.1, 0.15) is 0 Å². The Bertz CT molecular complexity index is 392. The van der Waals surface area contributed by atoms with Crippen LogP contribution in [0.15, 0.2) is 18.2 Å². The van der Waals surface area contributed by atoms with Gasteiger partial charge in [-0.15, -0.1) is 0 Å². The SMILES string of the molecule is CSCCCCCCNC(=O)c1c(N)cccc1Cl. The number of carbonyl (C=O) groups is 1. The number of halogens is 1. The van der Waals surface area contributed by atoms with Gasteiger partial charge in [0.15, 0.2) is 0 Å². The first-order valence-electron chi connectivity index (χ1n) is 6.48. The van der Waals surface area contributed by atoms with E-state index in [2.05, 4.69) is 11.6 Å². The van der Waals surface area contributed by atoms with Crippen molar-refractivity contribution < 1.29 is 4.79 Å². The van der Waals surface area contributed by atoms with Crippen LogP contribution < -0.4 is 11.1 Å². The van der Waals surface area contributed by atoms with Crippen molar-refractivity contribution in [3.05, 3.63) is 28.8 Å². The molecule has 0 aliphatic rings. The Balaban J connectivity index is 2.28. The Hall–Kier alpha value is -0.870. The number of hydrogen-bond donors (Lipinski definition) is 2. The molecular formula is C14H21ClN2OS. The number of nitrogens with one attached hydrogen (secondary N) is 1. The molecule has 0 heterocycles. The van der Waals surface area contributed by atoms with Gasteiger partial charge >= 0.3 is 0 Å². The normalized spacial score (nSPS) is 10.4. The van der Waals surface area contributed by atoms with Crippen molar-refractivity contribution in [2.75, 3.05) is 24.3 Å². The summed E-state index contributed by atoms with van der Waals surface area (Å²) in [5, 5.41) is 3.26. The molecule has 0 unspecified atom stereocenters. The summed E-state index contributed by atoms with van der Waals surface area (Å²) in [6, 6.07) is 5.10. The lowest BCUT2D eigenvalue weighted by molar-refractivity contribution is 0.0954. The lowest BCUT2D eigenvalue weighted by atomic mass is 10.1. The summed E-state index contributed by atoms with van der Waals surface area (Å²) < 4.78 is 0. The molecule has 0 spiro atoms. The standard InChI is InChI=1S/C14H21ClN2OS/c1-19-10-5-3-2-4-9-17-14(18)13-11(15)7-6-8-12(13)16/h6-8H,2-5,9-10,16H2,1H3,(H,17,18). The van der Waals surface area contributed by atoms with Crippen LogP contribution in [0.2, 0.25) is 5.02 Å². The number of nitrogen functional groups attached to an aromatic ring is 1. The largest absolute Gasteiger partial charge is 0.398 e. The van der Waals surface area contributed by atoms with Crippen molar-refractivity contribution in [2.45, 2.75) is 25.7 Å². The molecule has 0 atom stereocenters. The molecule has 0 fully saturated rings. The first-order chi connectivity index (χ1) is 9.16. The molecule has 5 heteroatoms. The fraction of sp³-hybridized carbons (Fsp3) is 0.500. The zero-order chi connectivity index (χ0) is 14.1. The number of thioether (sulfide) groups is 1. The quantitative estimate of drug-likeness (QED) is 0.570. The Kier molecular flexibility index (Phi) is 7.75. The van der Waals surface area contributed by atoms with Gasteiger partial charge in [-0.2, -0.15) is 11.8 Å². The number of amides is 1. The Morgan fingerprint density at radius 1 is 1.32 bits per heavy atom. The zero-order valence-electron chi connectivity index (χ0n) is 11.2. The maximum absolute atomic E-state index is 11.9. The monoisotopic (exact) mass is 300 g/mol. The molecule has 1 aromatic rings. The topological polar surface area (TPSA) is 55.1 Å². The van der Waals surface area contributed by atoms with Crippen molar-refractivity contribution in [3.63, 3.8) is 0 Å². The van der Waals surface area contributed by atoms with Gasteiger partial charge in [-0.25, -0.2) is 0 Å². The first-order valence-corrected chi connectivity index (χ1v) is 8.25. The highest BCUT2D eigenvalue weighted by molar-refractivity contribution is 7.98. The van der Waals surface area contributed by atoms with Crippen LogP contribution in [0.3, 0.4) is 0 Å². The van der Waals surface area contributed by atoms with E-state index >= 15 is 0 Å². The van der Waals surface area contributed by atoms with Crippen LogP contribution in [0.1, 0.15) is 36.0 Å². The van der Waals surface area contributed by atoms with E-state index in [0.29, 0.717) is 22.8 Å². The second-order valence-corrected chi connectivity index (χ2v) is 5.76. The highest BCUT2D eigenvalue weighted by atomic mass is 35.5. The molecule has 0 saturated heterocycles. The summed E-state index contributed by atoms with van der Waals surface area (Å²) in [5.74, 6) is 1.02. The van der Waals surface area contributed by atoms with Crippen molar-refractivity contribution in [2.24, 2.45) is 0 Å². The molecular weight excluding hydrogens is 280 g/mol. The Morgan fingerprint density at radius 2 is 2.05 bits per heavy atom. The number of anilines is 1. The number of benzene rings is 1. The van der Waals surface area contributed by atoms with E-state index in [4.69, 9.17) is 17.3 Å². The van der Waals surface area contributed by atoms with E-state index in [9.17, 15) is 4.79 Å². The lowest BCUT2D eigenvalue weighted by Gasteiger charge is -2.09. The number of unbranched alkanes of at least 4 members (excludes halogenated alkanes) is 3. The molecule has 19 heavy (non-hydrogen) atoms. The fourth-order valence-electron chi connectivity index (χ4n) is 1.80. The number of carbonyl (C=O) groups excluding carboxylic acids is 1. The number of rotatable bonds is 8. The van der Waals surface area contributed by atoms with Crippen LogP contribution in [-0.2, 0) is 0 Å². The number of nitrogens with two attached hydrogens (primary N) is 1.